The average Bonchev–Trinajstić information content (AvgIpc) is 3.63. The first-order valence-corrected chi connectivity index (χ1v) is 13.3. The number of carbonyl (C=O) groups excluding carboxylic acids is 3. The Balaban J connectivity index is 1.22. The first-order chi connectivity index (χ1) is 17.3. The van der Waals surface area contributed by atoms with Gasteiger partial charge in [0.25, 0.3) is 5.91 Å². The lowest BCUT2D eigenvalue weighted by atomic mass is 9.88. The molecule has 2 bridgehead atoms. The molecule has 36 heavy (non-hydrogen) atoms. The smallest absolute Gasteiger partial charge is 0.264 e. The topological polar surface area (TPSA) is 93.5 Å². The van der Waals surface area contributed by atoms with Gasteiger partial charge in [-0.1, -0.05) is 12.1 Å². The molecule has 2 amide bonds. The summed E-state index contributed by atoms with van der Waals surface area (Å²) in [5.74, 6) is -0.859. The Hall–Kier alpha value is -3.09. The Morgan fingerprint density at radius 3 is 2.75 bits per heavy atom. The van der Waals surface area contributed by atoms with Crippen molar-refractivity contribution in [2.24, 2.45) is 11.8 Å². The number of likely N-dealkylation sites (N-methyl/N-ethyl adjacent to an activating group) is 1. The monoisotopic (exact) mass is 508 g/mol. The van der Waals surface area contributed by atoms with Crippen LogP contribution in [0.3, 0.4) is 0 Å². The maximum atomic E-state index is 15.0. The Labute approximate surface area is 213 Å². The fourth-order valence-corrected chi connectivity index (χ4v) is 6.48. The summed E-state index contributed by atoms with van der Waals surface area (Å²) in [6, 6.07) is 9.04. The molecule has 0 radical (unpaired) electrons. The van der Waals surface area contributed by atoms with E-state index in [1.54, 1.807) is 35.5 Å². The number of piperazine rings is 1. The number of piperidine rings is 1. The van der Waals surface area contributed by atoms with Crippen LogP contribution in [0.2, 0.25) is 0 Å². The van der Waals surface area contributed by atoms with Gasteiger partial charge in [0.2, 0.25) is 5.91 Å². The molecule has 5 rings (SSSR count). The van der Waals surface area contributed by atoms with E-state index in [4.69, 9.17) is 0 Å². The largest absolute Gasteiger partial charge is 0.342 e. The first kappa shape index (κ1) is 24.6. The summed E-state index contributed by atoms with van der Waals surface area (Å²) in [7, 11) is 1.72. The minimum Gasteiger partial charge on any atom is -0.342 e. The number of nitrogens with zero attached hydrogens (tertiary/aromatic N) is 3. The zero-order chi connectivity index (χ0) is 25.4. The summed E-state index contributed by atoms with van der Waals surface area (Å²) >= 11 is 1.27. The van der Waals surface area contributed by atoms with Gasteiger partial charge in [0, 0.05) is 32.6 Å². The maximum absolute atomic E-state index is 15.0. The summed E-state index contributed by atoms with van der Waals surface area (Å²) in [5.41, 5.74) is 1.77. The van der Waals surface area contributed by atoms with E-state index in [0.29, 0.717) is 41.1 Å². The highest BCUT2D eigenvalue weighted by Gasteiger charge is 2.42. The minimum absolute atomic E-state index is 0.0586. The molecule has 3 aliphatic rings. The van der Waals surface area contributed by atoms with E-state index in [1.807, 2.05) is 0 Å². The summed E-state index contributed by atoms with van der Waals surface area (Å²) in [6.07, 6.45) is 3.52. The van der Waals surface area contributed by atoms with Crippen LogP contribution in [-0.2, 0) is 16.0 Å². The number of hydrogen-bond donors (Lipinski definition) is 1. The van der Waals surface area contributed by atoms with Crippen LogP contribution >= 0.6 is 11.3 Å². The summed E-state index contributed by atoms with van der Waals surface area (Å²) in [6.45, 7) is 1.05. The zero-order valence-electron chi connectivity index (χ0n) is 20.2. The van der Waals surface area contributed by atoms with Gasteiger partial charge >= 0.3 is 0 Å². The van der Waals surface area contributed by atoms with E-state index in [0.717, 1.165) is 24.8 Å². The van der Waals surface area contributed by atoms with Crippen LogP contribution in [0.25, 0.3) is 11.1 Å². The van der Waals surface area contributed by atoms with Crippen molar-refractivity contribution in [2.75, 3.05) is 26.7 Å². The van der Waals surface area contributed by atoms with Crippen LogP contribution < -0.4 is 5.32 Å². The number of hydrogen-bond acceptors (Lipinski definition) is 6. The molecule has 3 heterocycles. The molecule has 3 fully saturated rings. The molecule has 0 unspecified atom stereocenters. The SMILES string of the molecule is CN1CCN(C(=O)c2cc(-c3ccc(C[C@@H](C#N)CC(=O)[C@H]4N[C@@H]5CC[C@H]4C5)c(F)c3)cs2)CC1=O. The van der Waals surface area contributed by atoms with E-state index in [2.05, 4.69) is 11.4 Å². The second-order valence-electron chi connectivity index (χ2n) is 10.2. The van der Waals surface area contributed by atoms with Gasteiger partial charge in [0.05, 0.1) is 22.9 Å². The fraction of sp³-hybridized carbons (Fsp3) is 0.481. The number of carbonyl (C=O) groups is 3. The van der Waals surface area contributed by atoms with Gasteiger partial charge in [0.1, 0.15) is 12.4 Å². The lowest BCUT2D eigenvalue weighted by molar-refractivity contribution is -0.133. The van der Waals surface area contributed by atoms with Crippen molar-refractivity contribution in [1.82, 2.24) is 15.1 Å². The lowest BCUT2D eigenvalue weighted by Gasteiger charge is -2.31. The molecule has 1 aromatic heterocycles. The highest BCUT2D eigenvalue weighted by atomic mass is 32.1. The molecule has 1 N–H and O–H groups in total. The third kappa shape index (κ3) is 4.93. The van der Waals surface area contributed by atoms with E-state index >= 15 is 4.39 Å². The van der Waals surface area contributed by atoms with Gasteiger partial charge in [-0.05, 0) is 65.8 Å². The standard InChI is InChI=1S/C27H29FN4O3S/c1-31-6-7-32(14-25(31)34)27(35)24-12-20(15-36-24)17-2-3-18(22(28)11-17)8-16(13-29)9-23(33)26-19-4-5-21(10-19)30-26/h2-3,11-12,15-16,19,21,26,30H,4-10,14H2,1H3/t16-,19+,21-,26+/m1/s1. The van der Waals surface area contributed by atoms with Crippen LogP contribution in [0.5, 0.6) is 0 Å². The number of benzene rings is 1. The van der Waals surface area contributed by atoms with Crippen LogP contribution in [-0.4, -0.2) is 66.2 Å². The molecule has 9 heteroatoms. The predicted octanol–water partition coefficient (Wildman–Crippen LogP) is 3.25. The number of fused-ring (bicyclic) bond motifs is 2. The Morgan fingerprint density at radius 1 is 1.25 bits per heavy atom. The molecule has 2 aliphatic heterocycles. The van der Waals surface area contributed by atoms with Gasteiger partial charge in [-0.2, -0.15) is 5.26 Å². The highest BCUT2D eigenvalue weighted by molar-refractivity contribution is 7.12. The first-order valence-electron chi connectivity index (χ1n) is 12.4. The fourth-order valence-electron chi connectivity index (χ4n) is 5.59. The van der Waals surface area contributed by atoms with Crippen molar-refractivity contribution >= 4 is 28.9 Å². The number of ketones is 1. The molecule has 7 nitrogen and oxygen atoms in total. The highest BCUT2D eigenvalue weighted by Crippen LogP contribution is 2.36. The van der Waals surface area contributed by atoms with Gasteiger partial charge < -0.3 is 15.1 Å². The summed E-state index contributed by atoms with van der Waals surface area (Å²) in [4.78, 5) is 41.2. The van der Waals surface area contributed by atoms with E-state index < -0.39 is 11.7 Å². The van der Waals surface area contributed by atoms with Crippen molar-refractivity contribution < 1.29 is 18.8 Å². The van der Waals surface area contributed by atoms with Gasteiger partial charge in [-0.25, -0.2) is 4.39 Å². The second kappa shape index (κ2) is 10.1. The Kier molecular flexibility index (Phi) is 6.91. The number of halogens is 1. The second-order valence-corrected chi connectivity index (χ2v) is 11.1. The van der Waals surface area contributed by atoms with Gasteiger partial charge in [-0.15, -0.1) is 11.3 Å². The molecule has 2 saturated heterocycles. The van der Waals surface area contributed by atoms with Crippen LogP contribution in [0.4, 0.5) is 4.39 Å². The van der Waals surface area contributed by atoms with Gasteiger partial charge in [0.15, 0.2) is 5.78 Å². The number of Topliss-reactive ketones (excluding diaryl/α,β-unsaturated/α-hetero) is 1. The van der Waals surface area contributed by atoms with Crippen molar-refractivity contribution in [1.29, 1.82) is 5.26 Å². The zero-order valence-corrected chi connectivity index (χ0v) is 21.0. The summed E-state index contributed by atoms with van der Waals surface area (Å²) < 4.78 is 15.0. The Morgan fingerprint density at radius 2 is 2.08 bits per heavy atom. The Bertz CT molecular complexity index is 1240. The number of nitrogens with one attached hydrogen (secondary N) is 1. The molecule has 2 aromatic rings. The number of amides is 2. The number of rotatable bonds is 7. The van der Waals surface area contributed by atoms with Crippen LogP contribution in [0.1, 0.15) is 40.9 Å². The number of nitriles is 1. The van der Waals surface area contributed by atoms with Crippen molar-refractivity contribution in [3.8, 4) is 17.2 Å². The molecular formula is C27H29FN4O3S. The molecule has 4 atom stereocenters. The molecule has 0 spiro atoms. The van der Waals surface area contributed by atoms with Crippen LogP contribution in [0.15, 0.2) is 29.6 Å². The van der Waals surface area contributed by atoms with Crippen molar-refractivity contribution in [3.05, 3.63) is 45.9 Å². The summed E-state index contributed by atoms with van der Waals surface area (Å²) in [5, 5.41) is 14.8. The van der Waals surface area contributed by atoms with Crippen molar-refractivity contribution in [3.63, 3.8) is 0 Å². The van der Waals surface area contributed by atoms with E-state index in [1.165, 1.54) is 22.3 Å². The maximum Gasteiger partial charge on any atom is 0.264 e. The molecular weight excluding hydrogens is 479 g/mol. The van der Waals surface area contributed by atoms with Crippen LogP contribution in [0, 0.1) is 29.0 Å². The number of thiophene rings is 1. The third-order valence-corrected chi connectivity index (χ3v) is 8.66. The van der Waals surface area contributed by atoms with Crippen molar-refractivity contribution in [2.45, 2.75) is 44.2 Å². The quantitative estimate of drug-likeness (QED) is 0.620. The normalized spacial score (nSPS) is 24.1. The van der Waals surface area contributed by atoms with E-state index in [9.17, 15) is 19.6 Å². The van der Waals surface area contributed by atoms with E-state index in [-0.39, 0.29) is 43.0 Å². The average molecular weight is 509 g/mol. The predicted molar refractivity (Wildman–Crippen MR) is 134 cm³/mol. The lowest BCUT2D eigenvalue weighted by Crippen LogP contribution is -2.50. The molecule has 188 valence electrons. The molecule has 1 saturated carbocycles. The molecule has 1 aromatic carbocycles. The van der Waals surface area contributed by atoms with Gasteiger partial charge in [-0.3, -0.25) is 14.4 Å². The minimum atomic E-state index is -0.574. The third-order valence-electron chi connectivity index (χ3n) is 7.74. The molecule has 1 aliphatic carbocycles.